The largest absolute Gasteiger partial charge is 0.133 e. The predicted molar refractivity (Wildman–Crippen MR) is 83.6 cm³/mol. The zero-order chi connectivity index (χ0) is 12.6. The van der Waals surface area contributed by atoms with Gasteiger partial charge in [-0.25, -0.2) is 0 Å². The van der Waals surface area contributed by atoms with Crippen LogP contribution >= 0.6 is 66.4 Å². The summed E-state index contributed by atoms with van der Waals surface area (Å²) in [5, 5.41) is 0.472. The molecule has 2 rings (SSSR count). The maximum Gasteiger partial charge on any atom is 0.0860 e. The van der Waals surface area contributed by atoms with Crippen LogP contribution in [0, 0.1) is 6.92 Å². The molecule has 90 valence electrons. The van der Waals surface area contributed by atoms with E-state index in [0.29, 0.717) is 5.02 Å². The van der Waals surface area contributed by atoms with E-state index in [4.69, 9.17) is 23.2 Å². The SMILES string of the molecule is Cc1sc(Br)cc1C(Cl)c1ccc(Br)cc1Cl. The van der Waals surface area contributed by atoms with Gasteiger partial charge in [0, 0.05) is 14.4 Å². The Labute approximate surface area is 131 Å². The molecule has 17 heavy (non-hydrogen) atoms. The van der Waals surface area contributed by atoms with Crippen molar-refractivity contribution < 1.29 is 0 Å². The maximum atomic E-state index is 6.49. The van der Waals surface area contributed by atoms with E-state index in [1.54, 1.807) is 11.3 Å². The maximum absolute atomic E-state index is 6.49. The molecule has 0 spiro atoms. The zero-order valence-corrected chi connectivity index (χ0v) is 14.3. The number of alkyl halides is 1. The van der Waals surface area contributed by atoms with Gasteiger partial charge in [-0.3, -0.25) is 0 Å². The number of rotatable bonds is 2. The number of halogens is 4. The highest BCUT2D eigenvalue weighted by atomic mass is 79.9. The molecule has 0 radical (unpaired) electrons. The molecule has 0 saturated heterocycles. The summed E-state index contributed by atoms with van der Waals surface area (Å²) in [6.07, 6.45) is 0. The van der Waals surface area contributed by atoms with Gasteiger partial charge >= 0.3 is 0 Å². The molecule has 0 bridgehead atoms. The minimum atomic E-state index is -0.210. The first-order valence-corrected chi connectivity index (χ1v) is 8.05. The van der Waals surface area contributed by atoms with Crippen LogP contribution in [0.25, 0.3) is 0 Å². The second-order valence-electron chi connectivity index (χ2n) is 3.59. The molecular weight excluding hydrogens is 407 g/mol. The van der Waals surface area contributed by atoms with Gasteiger partial charge in [0.15, 0.2) is 0 Å². The fourth-order valence-corrected chi connectivity index (χ4v) is 4.65. The van der Waals surface area contributed by atoms with E-state index in [9.17, 15) is 0 Å². The molecule has 1 aromatic heterocycles. The van der Waals surface area contributed by atoms with E-state index < -0.39 is 0 Å². The third-order valence-electron chi connectivity index (χ3n) is 2.43. The lowest BCUT2D eigenvalue weighted by Crippen LogP contribution is -1.94. The first-order valence-electron chi connectivity index (χ1n) is 4.84. The minimum absolute atomic E-state index is 0.210. The molecular formula is C12H8Br2Cl2S. The third kappa shape index (κ3) is 3.07. The first kappa shape index (κ1) is 13.9. The summed E-state index contributed by atoms with van der Waals surface area (Å²) in [5.74, 6) is 0. The first-order chi connectivity index (χ1) is 7.99. The number of hydrogen-bond donors (Lipinski definition) is 0. The number of aryl methyl sites for hydroxylation is 1. The topological polar surface area (TPSA) is 0 Å². The Morgan fingerprint density at radius 2 is 1.88 bits per heavy atom. The fourth-order valence-electron chi connectivity index (χ4n) is 1.58. The van der Waals surface area contributed by atoms with Crippen LogP contribution in [0.15, 0.2) is 32.5 Å². The molecule has 0 fully saturated rings. The molecule has 0 nitrogen and oxygen atoms in total. The monoisotopic (exact) mass is 412 g/mol. The Kier molecular flexibility index (Phi) is 4.59. The predicted octanol–water partition coefficient (Wildman–Crippen LogP) is 6.56. The molecule has 0 aliphatic heterocycles. The van der Waals surface area contributed by atoms with Gasteiger partial charge in [0.05, 0.1) is 9.16 Å². The lowest BCUT2D eigenvalue weighted by molar-refractivity contribution is 1.13. The second kappa shape index (κ2) is 5.62. The minimum Gasteiger partial charge on any atom is -0.133 e. The number of thiophene rings is 1. The van der Waals surface area contributed by atoms with Crippen molar-refractivity contribution >= 4 is 66.4 Å². The van der Waals surface area contributed by atoms with Gasteiger partial charge < -0.3 is 0 Å². The van der Waals surface area contributed by atoms with Crippen LogP contribution in [-0.2, 0) is 0 Å². The van der Waals surface area contributed by atoms with Crippen molar-refractivity contribution in [3.63, 3.8) is 0 Å². The lowest BCUT2D eigenvalue weighted by Gasteiger charge is -2.11. The highest BCUT2D eigenvalue weighted by molar-refractivity contribution is 9.11. The van der Waals surface area contributed by atoms with Crippen LogP contribution < -0.4 is 0 Å². The molecule has 1 heterocycles. The molecule has 2 aromatic rings. The smallest absolute Gasteiger partial charge is 0.0860 e. The van der Waals surface area contributed by atoms with Crippen LogP contribution in [0.1, 0.15) is 21.4 Å². The average Bonchev–Trinajstić information content (AvgIpc) is 2.57. The molecule has 0 aliphatic carbocycles. The van der Waals surface area contributed by atoms with Crippen molar-refractivity contribution in [2.75, 3.05) is 0 Å². The average molecular weight is 415 g/mol. The summed E-state index contributed by atoms with van der Waals surface area (Å²) >= 11 is 21.2. The summed E-state index contributed by atoms with van der Waals surface area (Å²) in [5.41, 5.74) is 2.04. The van der Waals surface area contributed by atoms with Gasteiger partial charge in [0.1, 0.15) is 0 Å². The molecule has 0 amide bonds. The Morgan fingerprint density at radius 3 is 2.41 bits per heavy atom. The van der Waals surface area contributed by atoms with Crippen LogP contribution in [-0.4, -0.2) is 0 Å². The normalized spacial score (nSPS) is 12.8. The van der Waals surface area contributed by atoms with E-state index in [0.717, 1.165) is 19.4 Å². The van der Waals surface area contributed by atoms with Crippen molar-refractivity contribution in [3.8, 4) is 0 Å². The summed E-state index contributed by atoms with van der Waals surface area (Å²) in [4.78, 5) is 1.20. The van der Waals surface area contributed by atoms with Crippen LogP contribution in [0.3, 0.4) is 0 Å². The zero-order valence-electron chi connectivity index (χ0n) is 8.81. The molecule has 0 N–H and O–H groups in total. The van der Waals surface area contributed by atoms with E-state index in [-0.39, 0.29) is 5.38 Å². The number of hydrogen-bond acceptors (Lipinski definition) is 1. The van der Waals surface area contributed by atoms with E-state index in [1.807, 2.05) is 18.2 Å². The Bertz CT molecular complexity index is 551. The van der Waals surface area contributed by atoms with Crippen molar-refractivity contribution in [2.45, 2.75) is 12.3 Å². The molecule has 1 atom stereocenters. The van der Waals surface area contributed by atoms with Crippen LogP contribution in [0.4, 0.5) is 0 Å². The van der Waals surface area contributed by atoms with Crippen molar-refractivity contribution in [1.29, 1.82) is 0 Å². The highest BCUT2D eigenvalue weighted by Crippen LogP contribution is 2.40. The van der Waals surface area contributed by atoms with Gasteiger partial charge in [-0.1, -0.05) is 33.6 Å². The summed E-state index contributed by atoms with van der Waals surface area (Å²) < 4.78 is 2.04. The van der Waals surface area contributed by atoms with Crippen molar-refractivity contribution in [3.05, 3.63) is 53.6 Å². The highest BCUT2D eigenvalue weighted by Gasteiger charge is 2.18. The summed E-state index contributed by atoms with van der Waals surface area (Å²) in [6, 6.07) is 7.82. The van der Waals surface area contributed by atoms with Crippen molar-refractivity contribution in [2.24, 2.45) is 0 Å². The van der Waals surface area contributed by atoms with Crippen LogP contribution in [0.2, 0.25) is 5.02 Å². The van der Waals surface area contributed by atoms with Gasteiger partial charge in [-0.05, 0) is 52.2 Å². The Balaban J connectivity index is 2.43. The van der Waals surface area contributed by atoms with Crippen molar-refractivity contribution in [1.82, 2.24) is 0 Å². The van der Waals surface area contributed by atoms with Crippen LogP contribution in [0.5, 0.6) is 0 Å². The van der Waals surface area contributed by atoms with E-state index >= 15 is 0 Å². The second-order valence-corrected chi connectivity index (χ2v) is 7.99. The quantitative estimate of drug-likeness (QED) is 0.488. The molecule has 0 aliphatic rings. The summed E-state index contributed by atoms with van der Waals surface area (Å²) in [7, 11) is 0. The van der Waals surface area contributed by atoms with Gasteiger partial charge in [0.2, 0.25) is 0 Å². The molecule has 5 heteroatoms. The molecule has 1 aromatic carbocycles. The number of benzene rings is 1. The van der Waals surface area contributed by atoms with E-state index in [2.05, 4.69) is 44.8 Å². The Morgan fingerprint density at radius 1 is 1.18 bits per heavy atom. The lowest BCUT2D eigenvalue weighted by atomic mass is 10.1. The van der Waals surface area contributed by atoms with Gasteiger partial charge in [-0.2, -0.15) is 0 Å². The molecule has 1 unspecified atom stereocenters. The van der Waals surface area contributed by atoms with Gasteiger partial charge in [-0.15, -0.1) is 22.9 Å². The molecule has 0 saturated carbocycles. The third-order valence-corrected chi connectivity index (χ3v) is 5.29. The summed E-state index contributed by atoms with van der Waals surface area (Å²) in [6.45, 7) is 2.06. The van der Waals surface area contributed by atoms with E-state index in [1.165, 1.54) is 4.88 Å². The van der Waals surface area contributed by atoms with Gasteiger partial charge in [0.25, 0.3) is 0 Å². The fraction of sp³-hybridized carbons (Fsp3) is 0.167. The Hall–Kier alpha value is 0.460. The standard InChI is InChI=1S/C12H8Br2Cl2S/c1-6-9(5-11(14)17-6)12(16)8-3-2-7(13)4-10(8)15/h2-5,12H,1H3.